The van der Waals surface area contributed by atoms with Gasteiger partial charge in [0, 0.05) is 45.7 Å². The molecule has 2 amide bonds. The highest BCUT2D eigenvalue weighted by Gasteiger charge is 2.21. The lowest BCUT2D eigenvalue weighted by atomic mass is 10.0. The van der Waals surface area contributed by atoms with Gasteiger partial charge >= 0.3 is 6.09 Å². The van der Waals surface area contributed by atoms with Gasteiger partial charge in [-0.2, -0.15) is 0 Å². The first-order valence-electron chi connectivity index (χ1n) is 8.51. The zero-order valence-electron chi connectivity index (χ0n) is 13.7. The largest absolute Gasteiger partial charge is 0.453 e. The molecule has 0 aromatic rings. The summed E-state index contributed by atoms with van der Waals surface area (Å²) < 4.78 is 4.72. The number of nitrogens with zero attached hydrogens (tertiary/aromatic N) is 2. The summed E-state index contributed by atoms with van der Waals surface area (Å²) in [5, 5.41) is 3.01. The molecule has 0 atom stereocenters. The van der Waals surface area contributed by atoms with Crippen molar-refractivity contribution in [1.29, 1.82) is 0 Å². The number of amides is 2. The van der Waals surface area contributed by atoms with E-state index in [0.29, 0.717) is 26.1 Å². The van der Waals surface area contributed by atoms with Crippen LogP contribution in [0.4, 0.5) is 4.79 Å². The number of piperazine rings is 1. The van der Waals surface area contributed by atoms with Crippen LogP contribution in [0, 0.1) is 5.92 Å². The van der Waals surface area contributed by atoms with Crippen molar-refractivity contribution in [3.63, 3.8) is 0 Å². The van der Waals surface area contributed by atoms with Gasteiger partial charge in [0.15, 0.2) is 0 Å². The summed E-state index contributed by atoms with van der Waals surface area (Å²) in [5.41, 5.74) is 0. The quantitative estimate of drug-likeness (QED) is 0.806. The molecule has 0 radical (unpaired) electrons. The van der Waals surface area contributed by atoms with Gasteiger partial charge in [0.1, 0.15) is 0 Å². The monoisotopic (exact) mass is 311 g/mol. The lowest BCUT2D eigenvalue weighted by molar-refractivity contribution is -0.121. The Morgan fingerprint density at radius 3 is 2.45 bits per heavy atom. The Balaban J connectivity index is 1.51. The second-order valence-electron chi connectivity index (χ2n) is 6.34. The Labute approximate surface area is 133 Å². The van der Waals surface area contributed by atoms with Crippen LogP contribution < -0.4 is 5.32 Å². The summed E-state index contributed by atoms with van der Waals surface area (Å²) in [6.07, 6.45) is 6.74. The highest BCUT2D eigenvalue weighted by Crippen LogP contribution is 2.28. The molecule has 22 heavy (non-hydrogen) atoms. The molecule has 1 saturated heterocycles. The fraction of sp³-hybridized carbons (Fsp3) is 0.875. The minimum atomic E-state index is -0.250. The van der Waals surface area contributed by atoms with Crippen molar-refractivity contribution in [3.05, 3.63) is 0 Å². The molecule has 1 aliphatic carbocycles. The van der Waals surface area contributed by atoms with Gasteiger partial charge in [-0.1, -0.05) is 25.7 Å². The van der Waals surface area contributed by atoms with Crippen molar-refractivity contribution in [2.24, 2.45) is 5.92 Å². The molecular formula is C16H29N3O3. The molecule has 1 heterocycles. The first kappa shape index (κ1) is 17.1. The molecule has 2 fully saturated rings. The molecule has 1 saturated carbocycles. The van der Waals surface area contributed by atoms with E-state index in [1.165, 1.54) is 32.8 Å². The molecule has 0 bridgehead atoms. The third-order valence-corrected chi connectivity index (χ3v) is 4.81. The van der Waals surface area contributed by atoms with E-state index in [1.54, 1.807) is 4.90 Å². The van der Waals surface area contributed by atoms with Gasteiger partial charge in [-0.3, -0.25) is 9.69 Å². The Hall–Kier alpha value is -1.30. The van der Waals surface area contributed by atoms with Crippen LogP contribution in [0.15, 0.2) is 0 Å². The number of ether oxygens (including phenoxy) is 1. The van der Waals surface area contributed by atoms with Crippen molar-refractivity contribution >= 4 is 12.0 Å². The summed E-state index contributed by atoms with van der Waals surface area (Å²) in [6.45, 7) is 4.62. The molecule has 6 nitrogen and oxygen atoms in total. The van der Waals surface area contributed by atoms with Gasteiger partial charge < -0.3 is 15.0 Å². The van der Waals surface area contributed by atoms with E-state index in [2.05, 4.69) is 10.2 Å². The number of rotatable bonds is 6. The number of hydrogen-bond acceptors (Lipinski definition) is 4. The fourth-order valence-corrected chi connectivity index (χ4v) is 3.36. The molecule has 1 aliphatic heterocycles. The van der Waals surface area contributed by atoms with Crippen LogP contribution in [0.3, 0.4) is 0 Å². The first-order chi connectivity index (χ1) is 10.7. The van der Waals surface area contributed by atoms with Crippen LogP contribution in [0.2, 0.25) is 0 Å². The maximum absolute atomic E-state index is 11.8. The third-order valence-electron chi connectivity index (χ3n) is 4.81. The number of carbonyl (C=O) groups excluding carboxylic acids is 2. The fourth-order valence-electron chi connectivity index (χ4n) is 3.36. The first-order valence-corrected chi connectivity index (χ1v) is 8.51. The van der Waals surface area contributed by atoms with Gasteiger partial charge in [-0.15, -0.1) is 0 Å². The van der Waals surface area contributed by atoms with Crippen molar-refractivity contribution in [3.8, 4) is 0 Å². The minimum Gasteiger partial charge on any atom is -0.453 e. The second kappa shape index (κ2) is 8.98. The summed E-state index contributed by atoms with van der Waals surface area (Å²) in [5.74, 6) is 0.956. The normalized spacial score (nSPS) is 20.1. The van der Waals surface area contributed by atoms with E-state index >= 15 is 0 Å². The van der Waals surface area contributed by atoms with Crippen LogP contribution in [-0.4, -0.2) is 68.2 Å². The summed E-state index contributed by atoms with van der Waals surface area (Å²) in [7, 11) is 1.41. The number of nitrogens with one attached hydrogen (secondary N) is 1. The molecule has 2 aliphatic rings. The Kier molecular flexibility index (Phi) is 6.96. The van der Waals surface area contributed by atoms with E-state index in [-0.39, 0.29) is 12.0 Å². The molecular weight excluding hydrogens is 282 g/mol. The van der Waals surface area contributed by atoms with Crippen molar-refractivity contribution in [2.45, 2.75) is 38.5 Å². The maximum Gasteiger partial charge on any atom is 0.409 e. The van der Waals surface area contributed by atoms with Crippen LogP contribution >= 0.6 is 0 Å². The number of hydrogen-bond donors (Lipinski definition) is 1. The molecule has 0 unspecified atom stereocenters. The van der Waals surface area contributed by atoms with Crippen LogP contribution in [-0.2, 0) is 9.53 Å². The molecule has 0 aromatic heterocycles. The Bertz CT molecular complexity index is 362. The van der Waals surface area contributed by atoms with Gasteiger partial charge in [-0.25, -0.2) is 4.79 Å². The Morgan fingerprint density at radius 2 is 1.82 bits per heavy atom. The van der Waals surface area contributed by atoms with Crippen molar-refractivity contribution < 1.29 is 14.3 Å². The van der Waals surface area contributed by atoms with E-state index in [9.17, 15) is 9.59 Å². The van der Waals surface area contributed by atoms with Gasteiger partial charge in [0.25, 0.3) is 0 Å². The summed E-state index contributed by atoms with van der Waals surface area (Å²) in [4.78, 5) is 27.2. The van der Waals surface area contributed by atoms with Crippen LogP contribution in [0.25, 0.3) is 0 Å². The zero-order valence-corrected chi connectivity index (χ0v) is 13.7. The smallest absolute Gasteiger partial charge is 0.409 e. The van der Waals surface area contributed by atoms with E-state index < -0.39 is 0 Å². The number of carbonyl (C=O) groups is 2. The maximum atomic E-state index is 11.8. The average Bonchev–Trinajstić information content (AvgIpc) is 3.06. The zero-order chi connectivity index (χ0) is 15.8. The lowest BCUT2D eigenvalue weighted by Crippen LogP contribution is -2.50. The van der Waals surface area contributed by atoms with Gasteiger partial charge in [0.05, 0.1) is 7.11 Å². The average molecular weight is 311 g/mol. The van der Waals surface area contributed by atoms with E-state index in [1.807, 2.05) is 0 Å². The summed E-state index contributed by atoms with van der Waals surface area (Å²) >= 11 is 0. The highest BCUT2D eigenvalue weighted by molar-refractivity contribution is 5.75. The van der Waals surface area contributed by atoms with Crippen LogP contribution in [0.1, 0.15) is 38.5 Å². The second-order valence-corrected chi connectivity index (χ2v) is 6.34. The molecule has 0 aromatic carbocycles. The molecule has 1 N–H and O–H groups in total. The number of methoxy groups -OCH3 is 1. The molecule has 6 heteroatoms. The molecule has 126 valence electrons. The third kappa shape index (κ3) is 5.48. The minimum absolute atomic E-state index is 0.181. The predicted molar refractivity (Wildman–Crippen MR) is 84.6 cm³/mol. The lowest BCUT2D eigenvalue weighted by Gasteiger charge is -2.33. The molecule has 2 rings (SSSR count). The van der Waals surface area contributed by atoms with Gasteiger partial charge in [-0.05, 0) is 12.3 Å². The highest BCUT2D eigenvalue weighted by atomic mass is 16.5. The van der Waals surface area contributed by atoms with Crippen LogP contribution in [0.5, 0.6) is 0 Å². The Morgan fingerprint density at radius 1 is 1.14 bits per heavy atom. The van der Waals surface area contributed by atoms with Crippen molar-refractivity contribution in [1.82, 2.24) is 15.1 Å². The van der Waals surface area contributed by atoms with Crippen molar-refractivity contribution in [2.75, 3.05) is 46.4 Å². The van der Waals surface area contributed by atoms with Gasteiger partial charge in [0.2, 0.25) is 5.91 Å². The van der Waals surface area contributed by atoms with E-state index in [4.69, 9.17) is 4.74 Å². The molecule has 0 spiro atoms. The topological polar surface area (TPSA) is 61.9 Å². The predicted octanol–water partition coefficient (Wildman–Crippen LogP) is 1.46. The standard InChI is InChI=1S/C16H29N3O3/c1-22-16(21)19-12-10-18(11-13-19)9-8-17-15(20)7-6-14-4-2-3-5-14/h14H,2-13H2,1H3,(H,17,20). The van der Waals surface area contributed by atoms with E-state index in [0.717, 1.165) is 32.0 Å². The SMILES string of the molecule is COC(=O)N1CCN(CCNC(=O)CCC2CCCC2)CC1. The summed E-state index contributed by atoms with van der Waals surface area (Å²) in [6, 6.07) is 0.